The van der Waals surface area contributed by atoms with Crippen molar-refractivity contribution in [3.05, 3.63) is 27.8 Å². The van der Waals surface area contributed by atoms with E-state index < -0.39 is 0 Å². The number of thiophene rings is 1. The molecule has 0 aliphatic rings. The lowest BCUT2D eigenvalue weighted by Crippen LogP contribution is -2.03. The molecule has 0 atom stereocenters. The van der Waals surface area contributed by atoms with E-state index in [9.17, 15) is 0 Å². The molecule has 0 saturated carbocycles. The molecule has 17 heavy (non-hydrogen) atoms. The molecule has 90 valence electrons. The zero-order valence-electron chi connectivity index (χ0n) is 9.26. The molecule has 2 heterocycles. The summed E-state index contributed by atoms with van der Waals surface area (Å²) in [5, 5.41) is 4.85. The Hall–Kier alpha value is -0.840. The first-order valence-corrected chi connectivity index (χ1v) is 6.70. The van der Waals surface area contributed by atoms with Crippen LogP contribution in [0.15, 0.2) is 17.7 Å². The van der Waals surface area contributed by atoms with E-state index in [1.807, 2.05) is 0 Å². The van der Waals surface area contributed by atoms with Crippen LogP contribution in [0.25, 0.3) is 10.2 Å². The van der Waals surface area contributed by atoms with Crippen molar-refractivity contribution >= 4 is 50.6 Å². The second-order valence-corrected chi connectivity index (χ2v) is 5.48. The van der Waals surface area contributed by atoms with E-state index in [1.165, 1.54) is 4.88 Å². The lowest BCUT2D eigenvalue weighted by Gasteiger charge is -2.05. The number of halogens is 2. The van der Waals surface area contributed by atoms with Crippen LogP contribution in [0.2, 0.25) is 5.28 Å². The molecule has 0 aliphatic carbocycles. The van der Waals surface area contributed by atoms with E-state index in [4.69, 9.17) is 23.2 Å². The van der Waals surface area contributed by atoms with Crippen molar-refractivity contribution in [2.75, 3.05) is 11.9 Å². The van der Waals surface area contributed by atoms with Gasteiger partial charge < -0.3 is 5.32 Å². The Bertz CT molecular complexity index is 565. The average molecular weight is 288 g/mol. The Kier molecular flexibility index (Phi) is 3.86. The van der Waals surface area contributed by atoms with Gasteiger partial charge in [0, 0.05) is 9.91 Å². The van der Waals surface area contributed by atoms with Crippen LogP contribution in [0, 0.1) is 0 Å². The highest BCUT2D eigenvalue weighted by molar-refractivity contribution is 7.18. The Morgan fingerprint density at radius 3 is 2.94 bits per heavy atom. The van der Waals surface area contributed by atoms with Crippen LogP contribution in [0.4, 0.5) is 5.82 Å². The highest BCUT2D eigenvalue weighted by Crippen LogP contribution is 2.30. The van der Waals surface area contributed by atoms with Gasteiger partial charge in [-0.2, -0.15) is 0 Å². The third kappa shape index (κ3) is 2.89. The Labute approximate surface area is 113 Å². The molecule has 6 heteroatoms. The molecule has 0 radical (unpaired) electrons. The van der Waals surface area contributed by atoms with Gasteiger partial charge in [0.15, 0.2) is 0 Å². The number of hydrogen-bond acceptors (Lipinski definition) is 4. The highest BCUT2D eigenvalue weighted by atomic mass is 35.5. The van der Waals surface area contributed by atoms with Crippen LogP contribution in [0.3, 0.4) is 0 Å². The molecule has 0 spiro atoms. The molecule has 1 N–H and O–H groups in total. The SMILES string of the molecule is C=C(Cl)CNc1nc(Cl)nc2sc(CC)cc12. The average Bonchev–Trinajstić information content (AvgIpc) is 2.68. The summed E-state index contributed by atoms with van der Waals surface area (Å²) < 4.78 is 0. The molecular weight excluding hydrogens is 277 g/mol. The van der Waals surface area contributed by atoms with Crippen molar-refractivity contribution < 1.29 is 0 Å². The second-order valence-electron chi connectivity index (χ2n) is 3.50. The molecule has 0 unspecified atom stereocenters. The summed E-state index contributed by atoms with van der Waals surface area (Å²) in [5.74, 6) is 0.706. The predicted octanol–water partition coefficient (Wildman–Crippen LogP) is 4.07. The van der Waals surface area contributed by atoms with Crippen LogP contribution >= 0.6 is 34.5 Å². The summed E-state index contributed by atoms with van der Waals surface area (Å²) in [6, 6.07) is 2.08. The van der Waals surface area contributed by atoms with Gasteiger partial charge in [0.1, 0.15) is 10.6 Å². The monoisotopic (exact) mass is 287 g/mol. The number of anilines is 1. The number of hydrogen-bond donors (Lipinski definition) is 1. The van der Waals surface area contributed by atoms with Gasteiger partial charge in [-0.25, -0.2) is 9.97 Å². The fraction of sp³-hybridized carbons (Fsp3) is 0.273. The molecule has 2 rings (SSSR count). The maximum atomic E-state index is 5.88. The number of aryl methyl sites for hydroxylation is 1. The van der Waals surface area contributed by atoms with Crippen LogP contribution in [0.5, 0.6) is 0 Å². The smallest absolute Gasteiger partial charge is 0.225 e. The summed E-state index contributed by atoms with van der Waals surface area (Å²) in [6.07, 6.45) is 0.973. The van der Waals surface area contributed by atoms with E-state index in [-0.39, 0.29) is 5.28 Å². The minimum atomic E-state index is 0.240. The lowest BCUT2D eigenvalue weighted by molar-refractivity contribution is 1.18. The topological polar surface area (TPSA) is 37.8 Å². The molecule has 0 amide bonds. The minimum Gasteiger partial charge on any atom is -0.364 e. The maximum Gasteiger partial charge on any atom is 0.225 e. The Morgan fingerprint density at radius 1 is 1.53 bits per heavy atom. The number of fused-ring (bicyclic) bond motifs is 1. The first-order valence-electron chi connectivity index (χ1n) is 5.13. The number of nitrogens with zero attached hydrogens (tertiary/aromatic N) is 2. The molecule has 2 aromatic rings. The van der Waals surface area contributed by atoms with Gasteiger partial charge in [0.25, 0.3) is 0 Å². The fourth-order valence-electron chi connectivity index (χ4n) is 1.43. The van der Waals surface area contributed by atoms with E-state index in [2.05, 4.69) is 34.9 Å². The van der Waals surface area contributed by atoms with Crippen molar-refractivity contribution in [3.8, 4) is 0 Å². The van der Waals surface area contributed by atoms with E-state index in [1.54, 1.807) is 11.3 Å². The summed E-state index contributed by atoms with van der Waals surface area (Å²) in [5.41, 5.74) is 0. The van der Waals surface area contributed by atoms with Gasteiger partial charge >= 0.3 is 0 Å². The van der Waals surface area contributed by atoms with Crippen LogP contribution < -0.4 is 5.32 Å². The molecule has 0 aromatic carbocycles. The van der Waals surface area contributed by atoms with Gasteiger partial charge in [-0.1, -0.05) is 25.1 Å². The zero-order valence-corrected chi connectivity index (χ0v) is 11.6. The summed E-state index contributed by atoms with van der Waals surface area (Å²) in [4.78, 5) is 10.5. The van der Waals surface area contributed by atoms with Gasteiger partial charge in [0.2, 0.25) is 5.28 Å². The third-order valence-corrected chi connectivity index (χ3v) is 3.69. The fourth-order valence-corrected chi connectivity index (χ4v) is 2.69. The van der Waals surface area contributed by atoms with Gasteiger partial charge in [0.05, 0.1) is 11.9 Å². The third-order valence-electron chi connectivity index (χ3n) is 2.21. The summed E-state index contributed by atoms with van der Waals surface area (Å²) in [7, 11) is 0. The first kappa shape index (κ1) is 12.6. The minimum absolute atomic E-state index is 0.240. The highest BCUT2D eigenvalue weighted by Gasteiger charge is 2.10. The second kappa shape index (κ2) is 5.21. The quantitative estimate of drug-likeness (QED) is 0.862. The Morgan fingerprint density at radius 2 is 2.29 bits per heavy atom. The van der Waals surface area contributed by atoms with Gasteiger partial charge in [-0.05, 0) is 24.1 Å². The molecular formula is C11H11Cl2N3S. The normalized spacial score (nSPS) is 10.8. The van der Waals surface area contributed by atoms with Crippen molar-refractivity contribution in [2.45, 2.75) is 13.3 Å². The zero-order chi connectivity index (χ0) is 12.4. The summed E-state index contributed by atoms with van der Waals surface area (Å²) >= 11 is 13.2. The lowest BCUT2D eigenvalue weighted by atomic mass is 10.3. The van der Waals surface area contributed by atoms with Crippen LogP contribution in [-0.2, 0) is 6.42 Å². The summed E-state index contributed by atoms with van der Waals surface area (Å²) in [6.45, 7) is 6.19. The molecule has 0 aliphatic heterocycles. The van der Waals surface area contributed by atoms with Crippen molar-refractivity contribution in [1.29, 1.82) is 0 Å². The van der Waals surface area contributed by atoms with Crippen LogP contribution in [-0.4, -0.2) is 16.5 Å². The number of nitrogens with one attached hydrogen (secondary N) is 1. The van der Waals surface area contributed by atoms with Crippen molar-refractivity contribution in [1.82, 2.24) is 9.97 Å². The molecule has 0 fully saturated rings. The molecule has 3 nitrogen and oxygen atoms in total. The van der Waals surface area contributed by atoms with Crippen LogP contribution in [0.1, 0.15) is 11.8 Å². The van der Waals surface area contributed by atoms with Gasteiger partial charge in [-0.15, -0.1) is 11.3 Å². The molecule has 0 bridgehead atoms. The van der Waals surface area contributed by atoms with Crippen molar-refractivity contribution in [2.24, 2.45) is 0 Å². The molecule has 0 saturated heterocycles. The maximum absolute atomic E-state index is 5.88. The number of rotatable bonds is 4. The van der Waals surface area contributed by atoms with Crippen molar-refractivity contribution in [3.63, 3.8) is 0 Å². The van der Waals surface area contributed by atoms with E-state index in [0.29, 0.717) is 17.4 Å². The van der Waals surface area contributed by atoms with Gasteiger partial charge in [-0.3, -0.25) is 0 Å². The predicted molar refractivity (Wildman–Crippen MR) is 75.3 cm³/mol. The van der Waals surface area contributed by atoms with E-state index in [0.717, 1.165) is 16.6 Å². The standard InChI is InChI=1S/C11H11Cl2N3S/c1-3-7-4-8-9(14-5-6(2)12)15-11(13)16-10(8)17-7/h4H,2-3,5H2,1H3,(H,14,15,16). The largest absolute Gasteiger partial charge is 0.364 e. The molecule has 2 aromatic heterocycles. The first-order chi connectivity index (χ1) is 8.10. The Balaban J connectivity index is 2.44. The van der Waals surface area contributed by atoms with E-state index >= 15 is 0 Å². The number of aromatic nitrogens is 2.